The van der Waals surface area contributed by atoms with Gasteiger partial charge in [0.2, 0.25) is 0 Å². The number of aromatic nitrogens is 2. The molecule has 0 spiro atoms. The number of aryl methyl sites for hydroxylation is 2. The number of nitrogens with zero attached hydrogens (tertiary/aromatic N) is 3. The Hall–Kier alpha value is -2.96. The molecule has 1 aliphatic rings. The van der Waals surface area contributed by atoms with Gasteiger partial charge in [-0.3, -0.25) is 4.98 Å². The molecule has 6 heteroatoms. The number of benzene rings is 2. The molecule has 0 bridgehead atoms. The molecule has 0 saturated carbocycles. The summed E-state index contributed by atoms with van der Waals surface area (Å²) in [6.07, 6.45) is 1.84. The Morgan fingerprint density at radius 2 is 1.73 bits per heavy atom. The van der Waals surface area contributed by atoms with Gasteiger partial charge in [-0.25, -0.2) is 0 Å². The zero-order valence-corrected chi connectivity index (χ0v) is 21.2. The van der Waals surface area contributed by atoms with Gasteiger partial charge in [-0.05, 0) is 103 Å². The minimum absolute atomic E-state index is 0.0309. The smallest absolute Gasteiger partial charge is 0.174 e. The van der Waals surface area contributed by atoms with Crippen LogP contribution in [-0.2, 0) is 0 Å². The minimum Gasteiger partial charge on any atom is -0.351 e. The fourth-order valence-corrected chi connectivity index (χ4v) is 5.63. The topological polar surface area (TPSA) is 33.1 Å². The fraction of sp³-hybridized carbons (Fsp3) is 0.185. The zero-order valence-electron chi connectivity index (χ0n) is 18.8. The van der Waals surface area contributed by atoms with E-state index in [1.807, 2.05) is 24.4 Å². The Morgan fingerprint density at radius 1 is 0.939 bits per heavy atom. The molecule has 2 aromatic heterocycles. The Morgan fingerprint density at radius 3 is 2.45 bits per heavy atom. The van der Waals surface area contributed by atoms with Gasteiger partial charge in [0.25, 0.3) is 0 Å². The van der Waals surface area contributed by atoms with Crippen LogP contribution in [0.5, 0.6) is 0 Å². The summed E-state index contributed by atoms with van der Waals surface area (Å²) >= 11 is 9.62. The third kappa shape index (κ3) is 3.87. The lowest BCUT2D eigenvalue weighted by atomic mass is 9.96. The number of halogens is 1. The van der Waals surface area contributed by atoms with E-state index in [4.69, 9.17) is 12.2 Å². The average Bonchev–Trinajstić information content (AvgIpc) is 3.30. The van der Waals surface area contributed by atoms with Crippen molar-refractivity contribution in [3.05, 3.63) is 112 Å². The molecule has 0 amide bonds. The number of hydrogen-bond acceptors (Lipinski definition) is 2. The number of hydrogen-bond donors (Lipinski definition) is 1. The van der Waals surface area contributed by atoms with Crippen molar-refractivity contribution < 1.29 is 0 Å². The van der Waals surface area contributed by atoms with Crippen molar-refractivity contribution in [3.8, 4) is 5.69 Å². The second-order valence-electron chi connectivity index (χ2n) is 8.45. The average molecular weight is 517 g/mol. The van der Waals surface area contributed by atoms with Crippen LogP contribution in [0.1, 0.15) is 40.3 Å². The molecule has 1 N–H and O–H groups in total. The van der Waals surface area contributed by atoms with Crippen molar-refractivity contribution in [1.82, 2.24) is 14.9 Å². The molecular formula is C27H25BrN4S. The number of anilines is 1. The van der Waals surface area contributed by atoms with Gasteiger partial charge < -0.3 is 14.8 Å². The Balaban J connectivity index is 1.70. The molecule has 1 aliphatic heterocycles. The second kappa shape index (κ2) is 8.76. The van der Waals surface area contributed by atoms with E-state index in [0.29, 0.717) is 5.11 Å². The van der Waals surface area contributed by atoms with Crippen LogP contribution in [-0.4, -0.2) is 14.7 Å². The molecule has 3 heterocycles. The number of nitrogens with one attached hydrogen (secondary N) is 1. The third-order valence-corrected chi connectivity index (χ3v) is 7.25. The van der Waals surface area contributed by atoms with E-state index in [-0.39, 0.29) is 12.1 Å². The second-order valence-corrected chi connectivity index (χ2v) is 9.69. The molecule has 2 atom stereocenters. The Bertz CT molecular complexity index is 1330. The van der Waals surface area contributed by atoms with Gasteiger partial charge in [0, 0.05) is 27.7 Å². The van der Waals surface area contributed by atoms with Crippen LogP contribution in [0, 0.1) is 20.8 Å². The maximum atomic E-state index is 5.89. The standard InChI is InChI=1S/C27H25BrN4S/c1-17-9-8-10-20(15-17)32-26(25(30-27(32)33)23-12-6-7-14-29-23)21-16-18(2)31(19(21)3)24-13-5-4-11-22(24)28/h4-16,25-26H,1-3H3,(H,30,33)/t25-,26+/m0/s1. The van der Waals surface area contributed by atoms with Gasteiger partial charge in [-0.1, -0.05) is 30.3 Å². The monoisotopic (exact) mass is 516 g/mol. The number of rotatable bonds is 4. The summed E-state index contributed by atoms with van der Waals surface area (Å²) in [7, 11) is 0. The van der Waals surface area contributed by atoms with E-state index in [1.54, 1.807) is 0 Å². The molecule has 4 aromatic rings. The summed E-state index contributed by atoms with van der Waals surface area (Å²) in [5.74, 6) is 0. The molecule has 0 aliphatic carbocycles. The fourth-order valence-electron chi connectivity index (χ4n) is 4.82. The summed E-state index contributed by atoms with van der Waals surface area (Å²) in [5.41, 5.74) is 7.99. The van der Waals surface area contributed by atoms with Crippen LogP contribution < -0.4 is 10.2 Å². The highest BCUT2D eigenvalue weighted by atomic mass is 79.9. The van der Waals surface area contributed by atoms with Gasteiger partial charge in [0.15, 0.2) is 5.11 Å². The van der Waals surface area contributed by atoms with Crippen molar-refractivity contribution in [3.63, 3.8) is 0 Å². The maximum Gasteiger partial charge on any atom is 0.174 e. The zero-order chi connectivity index (χ0) is 23.1. The van der Waals surface area contributed by atoms with Gasteiger partial charge in [0.1, 0.15) is 0 Å². The maximum absolute atomic E-state index is 5.89. The lowest BCUT2D eigenvalue weighted by Crippen LogP contribution is -2.29. The normalized spacial score (nSPS) is 17.9. The van der Waals surface area contributed by atoms with Crippen molar-refractivity contribution in [2.75, 3.05) is 4.90 Å². The quantitative estimate of drug-likeness (QED) is 0.304. The van der Waals surface area contributed by atoms with Crippen LogP contribution in [0.2, 0.25) is 0 Å². The lowest BCUT2D eigenvalue weighted by Gasteiger charge is -2.28. The summed E-state index contributed by atoms with van der Waals surface area (Å²) in [5, 5.41) is 4.28. The third-order valence-electron chi connectivity index (χ3n) is 6.26. The molecule has 2 aromatic carbocycles. The molecular weight excluding hydrogens is 492 g/mol. The predicted octanol–water partition coefficient (Wildman–Crippen LogP) is 6.74. The summed E-state index contributed by atoms with van der Waals surface area (Å²) in [6.45, 7) is 6.45. The van der Waals surface area contributed by atoms with Crippen molar-refractivity contribution in [2.45, 2.75) is 32.9 Å². The van der Waals surface area contributed by atoms with Crippen molar-refractivity contribution >= 4 is 38.9 Å². The van der Waals surface area contributed by atoms with Crippen LogP contribution in [0.25, 0.3) is 5.69 Å². The first-order valence-corrected chi connectivity index (χ1v) is 12.2. The van der Waals surface area contributed by atoms with E-state index in [0.717, 1.165) is 21.5 Å². The molecule has 33 heavy (non-hydrogen) atoms. The summed E-state index contributed by atoms with van der Waals surface area (Å²) in [6, 6.07) is 25.1. The Kier molecular flexibility index (Phi) is 5.81. The number of thiocarbonyl (C=S) groups is 1. The van der Waals surface area contributed by atoms with Gasteiger partial charge in [-0.15, -0.1) is 0 Å². The molecule has 1 fully saturated rings. The number of para-hydroxylation sites is 1. The largest absolute Gasteiger partial charge is 0.351 e. The SMILES string of the molecule is Cc1cccc(N2C(=S)N[C@@H](c3ccccn3)[C@H]2c2cc(C)n(-c3ccccc3Br)c2C)c1. The van der Waals surface area contributed by atoms with Gasteiger partial charge >= 0.3 is 0 Å². The van der Waals surface area contributed by atoms with Crippen LogP contribution >= 0.6 is 28.1 Å². The molecule has 166 valence electrons. The van der Waals surface area contributed by atoms with Gasteiger partial charge in [-0.2, -0.15) is 0 Å². The van der Waals surface area contributed by atoms with E-state index < -0.39 is 0 Å². The highest BCUT2D eigenvalue weighted by molar-refractivity contribution is 9.10. The molecule has 5 rings (SSSR count). The van der Waals surface area contributed by atoms with Crippen molar-refractivity contribution in [2.24, 2.45) is 0 Å². The molecule has 0 radical (unpaired) electrons. The molecule has 1 saturated heterocycles. The van der Waals surface area contributed by atoms with Crippen LogP contribution in [0.4, 0.5) is 5.69 Å². The van der Waals surface area contributed by atoms with Crippen LogP contribution in [0.15, 0.2) is 83.5 Å². The highest BCUT2D eigenvalue weighted by Gasteiger charge is 2.42. The van der Waals surface area contributed by atoms with E-state index in [1.165, 1.54) is 22.5 Å². The Labute approximate surface area is 208 Å². The first-order valence-electron chi connectivity index (χ1n) is 11.0. The van der Waals surface area contributed by atoms with E-state index >= 15 is 0 Å². The first-order chi connectivity index (χ1) is 16.0. The van der Waals surface area contributed by atoms with E-state index in [9.17, 15) is 0 Å². The van der Waals surface area contributed by atoms with Crippen LogP contribution in [0.3, 0.4) is 0 Å². The highest BCUT2D eigenvalue weighted by Crippen LogP contribution is 2.44. The molecule has 0 unspecified atom stereocenters. The number of pyridine rings is 1. The summed E-state index contributed by atoms with van der Waals surface area (Å²) in [4.78, 5) is 6.93. The lowest BCUT2D eigenvalue weighted by molar-refractivity contribution is 0.565. The van der Waals surface area contributed by atoms with E-state index in [2.05, 4.69) is 111 Å². The minimum atomic E-state index is -0.0626. The first kappa shape index (κ1) is 21.9. The molecule has 4 nitrogen and oxygen atoms in total. The van der Waals surface area contributed by atoms with Gasteiger partial charge in [0.05, 0.1) is 23.5 Å². The predicted molar refractivity (Wildman–Crippen MR) is 142 cm³/mol. The summed E-state index contributed by atoms with van der Waals surface area (Å²) < 4.78 is 3.38. The van der Waals surface area contributed by atoms with Crippen molar-refractivity contribution in [1.29, 1.82) is 0 Å².